The molecule has 0 saturated carbocycles. The van der Waals surface area contributed by atoms with Crippen LogP contribution in [0.2, 0.25) is 0 Å². The fourth-order valence-electron chi connectivity index (χ4n) is 1.44. The number of rotatable bonds is 2. The van der Waals surface area contributed by atoms with Crippen molar-refractivity contribution in [2.24, 2.45) is 4.99 Å². The Morgan fingerprint density at radius 3 is 2.00 bits per heavy atom. The van der Waals surface area contributed by atoms with Crippen LogP contribution in [0.15, 0.2) is 53.5 Å². The van der Waals surface area contributed by atoms with Crippen LogP contribution < -0.4 is 5.32 Å². The number of nitrogens with one attached hydrogen (secondary N) is 1. The molecule has 0 bridgehead atoms. The van der Waals surface area contributed by atoms with Gasteiger partial charge in [-0.25, -0.2) is 4.99 Å². The van der Waals surface area contributed by atoms with E-state index in [2.05, 4.69) is 10.3 Å². The number of hydrogen-bond acceptors (Lipinski definition) is 4. The van der Waals surface area contributed by atoms with E-state index in [1.807, 2.05) is 6.26 Å². The number of amidine groups is 1. The van der Waals surface area contributed by atoms with E-state index >= 15 is 0 Å². The SMILES string of the molecule is CSC(=Nc1ccc(O)cc1)Nc1ccc(O)cc1. The van der Waals surface area contributed by atoms with E-state index in [0.717, 1.165) is 16.5 Å². The van der Waals surface area contributed by atoms with Gasteiger partial charge in [0.2, 0.25) is 0 Å². The summed E-state index contributed by atoms with van der Waals surface area (Å²) in [6.45, 7) is 0. The predicted molar refractivity (Wildman–Crippen MR) is 80.4 cm³/mol. The van der Waals surface area contributed by atoms with Gasteiger partial charge < -0.3 is 15.5 Å². The van der Waals surface area contributed by atoms with Gasteiger partial charge in [-0.3, -0.25) is 0 Å². The molecule has 0 amide bonds. The van der Waals surface area contributed by atoms with Crippen molar-refractivity contribution in [1.29, 1.82) is 0 Å². The maximum atomic E-state index is 9.22. The second-order valence-electron chi connectivity index (χ2n) is 3.81. The number of phenols is 2. The summed E-state index contributed by atoms with van der Waals surface area (Å²) in [5, 5.41) is 22.3. The Morgan fingerprint density at radius 2 is 1.47 bits per heavy atom. The fourth-order valence-corrected chi connectivity index (χ4v) is 1.85. The average molecular weight is 274 g/mol. The lowest BCUT2D eigenvalue weighted by Crippen LogP contribution is -2.06. The number of anilines is 1. The first-order valence-corrected chi connectivity index (χ1v) is 6.87. The molecule has 0 fully saturated rings. The van der Waals surface area contributed by atoms with Gasteiger partial charge in [-0.1, -0.05) is 11.8 Å². The van der Waals surface area contributed by atoms with Crippen molar-refractivity contribution in [1.82, 2.24) is 0 Å². The largest absolute Gasteiger partial charge is 0.508 e. The lowest BCUT2D eigenvalue weighted by Gasteiger charge is -2.07. The van der Waals surface area contributed by atoms with E-state index < -0.39 is 0 Å². The van der Waals surface area contributed by atoms with Crippen LogP contribution in [0.3, 0.4) is 0 Å². The Labute approximate surface area is 115 Å². The lowest BCUT2D eigenvalue weighted by molar-refractivity contribution is 0.475. The molecule has 0 heterocycles. The van der Waals surface area contributed by atoms with Gasteiger partial charge in [0.15, 0.2) is 5.17 Å². The minimum absolute atomic E-state index is 0.219. The van der Waals surface area contributed by atoms with Crippen molar-refractivity contribution in [3.05, 3.63) is 48.5 Å². The summed E-state index contributed by atoms with van der Waals surface area (Å²) in [7, 11) is 0. The van der Waals surface area contributed by atoms with Crippen molar-refractivity contribution in [3.63, 3.8) is 0 Å². The Morgan fingerprint density at radius 1 is 0.947 bits per heavy atom. The normalized spacial score (nSPS) is 11.3. The highest BCUT2D eigenvalue weighted by atomic mass is 32.2. The van der Waals surface area contributed by atoms with Gasteiger partial charge in [-0.2, -0.15) is 0 Å². The van der Waals surface area contributed by atoms with Crippen molar-refractivity contribution in [2.45, 2.75) is 0 Å². The molecule has 0 spiro atoms. The number of benzene rings is 2. The minimum atomic E-state index is 0.219. The molecule has 2 aromatic rings. The van der Waals surface area contributed by atoms with Gasteiger partial charge in [0.1, 0.15) is 11.5 Å². The number of aliphatic imine (C=N–C) groups is 1. The van der Waals surface area contributed by atoms with E-state index in [0.29, 0.717) is 0 Å². The summed E-state index contributed by atoms with van der Waals surface area (Å²) in [5.41, 5.74) is 1.61. The van der Waals surface area contributed by atoms with E-state index in [-0.39, 0.29) is 11.5 Å². The summed E-state index contributed by atoms with van der Waals surface area (Å²) in [4.78, 5) is 4.43. The summed E-state index contributed by atoms with van der Waals surface area (Å²) >= 11 is 1.48. The molecule has 2 aromatic carbocycles. The monoisotopic (exact) mass is 274 g/mol. The van der Waals surface area contributed by atoms with Crippen LogP contribution in [0.5, 0.6) is 11.5 Å². The second kappa shape index (κ2) is 6.15. The van der Waals surface area contributed by atoms with E-state index in [1.165, 1.54) is 11.8 Å². The Hall–Kier alpha value is -2.14. The van der Waals surface area contributed by atoms with Crippen molar-refractivity contribution >= 4 is 28.3 Å². The Kier molecular flexibility index (Phi) is 4.30. The lowest BCUT2D eigenvalue weighted by atomic mass is 10.3. The Bertz CT molecular complexity index is 565. The zero-order valence-electron chi connectivity index (χ0n) is 10.4. The third-order valence-corrected chi connectivity index (χ3v) is 2.97. The standard InChI is InChI=1S/C14H14N2O2S/c1-19-14(15-10-2-6-12(17)7-3-10)16-11-4-8-13(18)9-5-11/h2-9,17-18H,1H3,(H,15,16). The highest BCUT2D eigenvalue weighted by Gasteiger charge is 2.00. The van der Waals surface area contributed by atoms with Crippen LogP contribution in [0, 0.1) is 0 Å². The van der Waals surface area contributed by atoms with Crippen LogP contribution in [-0.2, 0) is 0 Å². The molecule has 2 rings (SSSR count). The predicted octanol–water partition coefficient (Wildman–Crippen LogP) is 3.56. The van der Waals surface area contributed by atoms with Crippen LogP contribution in [0.1, 0.15) is 0 Å². The average Bonchev–Trinajstić information content (AvgIpc) is 2.43. The third-order valence-electron chi connectivity index (χ3n) is 2.39. The molecule has 3 N–H and O–H groups in total. The smallest absolute Gasteiger partial charge is 0.165 e. The van der Waals surface area contributed by atoms with Gasteiger partial charge in [0, 0.05) is 5.69 Å². The third kappa shape index (κ3) is 3.93. The molecule has 0 aromatic heterocycles. The summed E-state index contributed by atoms with van der Waals surface area (Å²) in [5.74, 6) is 0.447. The molecular formula is C14H14N2O2S. The maximum absolute atomic E-state index is 9.22. The molecule has 4 nitrogen and oxygen atoms in total. The van der Waals surface area contributed by atoms with Crippen LogP contribution in [0.4, 0.5) is 11.4 Å². The maximum Gasteiger partial charge on any atom is 0.165 e. The van der Waals surface area contributed by atoms with Gasteiger partial charge >= 0.3 is 0 Å². The van der Waals surface area contributed by atoms with Crippen LogP contribution in [-0.4, -0.2) is 21.6 Å². The molecular weight excluding hydrogens is 260 g/mol. The number of thioether (sulfide) groups is 1. The summed E-state index contributed by atoms with van der Waals surface area (Å²) in [6, 6.07) is 13.4. The number of hydrogen-bond donors (Lipinski definition) is 3. The van der Waals surface area contributed by atoms with Gasteiger partial charge in [-0.15, -0.1) is 0 Å². The first-order chi connectivity index (χ1) is 9.17. The number of aromatic hydroxyl groups is 2. The highest BCUT2D eigenvalue weighted by molar-refractivity contribution is 8.13. The fraction of sp³-hybridized carbons (Fsp3) is 0.0714. The summed E-state index contributed by atoms with van der Waals surface area (Å²) < 4.78 is 0. The molecule has 0 aliphatic carbocycles. The molecule has 19 heavy (non-hydrogen) atoms. The van der Waals surface area contributed by atoms with Crippen LogP contribution >= 0.6 is 11.8 Å². The molecule has 0 radical (unpaired) electrons. The van der Waals surface area contributed by atoms with E-state index in [4.69, 9.17) is 0 Å². The van der Waals surface area contributed by atoms with Crippen molar-refractivity contribution in [2.75, 3.05) is 11.6 Å². The second-order valence-corrected chi connectivity index (χ2v) is 4.60. The highest BCUT2D eigenvalue weighted by Crippen LogP contribution is 2.20. The Balaban J connectivity index is 2.15. The van der Waals surface area contributed by atoms with Gasteiger partial charge in [0.05, 0.1) is 5.69 Å². The van der Waals surface area contributed by atoms with Gasteiger partial charge in [0.25, 0.3) is 0 Å². The molecule has 0 unspecified atom stereocenters. The van der Waals surface area contributed by atoms with Crippen molar-refractivity contribution < 1.29 is 10.2 Å². The van der Waals surface area contributed by atoms with E-state index in [9.17, 15) is 10.2 Å². The first kappa shape index (κ1) is 13.3. The molecule has 0 aliphatic heterocycles. The summed E-state index contributed by atoms with van der Waals surface area (Å²) in [6.07, 6.45) is 1.92. The zero-order valence-corrected chi connectivity index (χ0v) is 11.2. The van der Waals surface area contributed by atoms with Crippen LogP contribution in [0.25, 0.3) is 0 Å². The molecule has 0 aliphatic rings. The number of nitrogens with zero attached hydrogens (tertiary/aromatic N) is 1. The van der Waals surface area contributed by atoms with Crippen molar-refractivity contribution in [3.8, 4) is 11.5 Å². The molecule has 5 heteroatoms. The molecule has 0 saturated heterocycles. The molecule has 98 valence electrons. The van der Waals surface area contributed by atoms with Gasteiger partial charge in [-0.05, 0) is 54.8 Å². The quantitative estimate of drug-likeness (QED) is 0.445. The topological polar surface area (TPSA) is 64.9 Å². The first-order valence-electron chi connectivity index (χ1n) is 5.65. The van der Waals surface area contributed by atoms with E-state index in [1.54, 1.807) is 48.5 Å². The molecule has 0 atom stereocenters. The number of phenolic OH excluding ortho intramolecular Hbond substituents is 2. The minimum Gasteiger partial charge on any atom is -0.508 e. The zero-order chi connectivity index (χ0) is 13.7.